The van der Waals surface area contributed by atoms with Gasteiger partial charge in [0, 0.05) is 33.0 Å². The molecule has 240 valence electrons. The van der Waals surface area contributed by atoms with E-state index in [4.69, 9.17) is 18.9 Å². The standard InChI is InChI=1S/C38H52O6/c1-7-9-11-13-19-29(43-37(39)27(3)4)25-41-35-31-21-15-17-23-33(31)36(34-24-18-16-22-32(34)35)42-26-30(20-14-12-10-8-2)44-38(40)28(5)6/h15-18,21,23,29-30H,3,5,7-14,19-20,22,24-26H2,1-2,4,6H3. The zero-order chi connectivity index (χ0) is 31.9. The summed E-state index contributed by atoms with van der Waals surface area (Å²) < 4.78 is 24.8. The highest BCUT2D eigenvalue weighted by atomic mass is 16.6. The number of fused-ring (bicyclic) bond motifs is 2. The third-order valence-corrected chi connectivity index (χ3v) is 7.97. The van der Waals surface area contributed by atoms with Crippen molar-refractivity contribution < 1.29 is 28.5 Å². The first-order valence-electron chi connectivity index (χ1n) is 16.5. The second kappa shape index (κ2) is 18.3. The fraction of sp³-hybridized carbons (Fsp3) is 0.526. The van der Waals surface area contributed by atoms with Gasteiger partial charge in [0.2, 0.25) is 0 Å². The summed E-state index contributed by atoms with van der Waals surface area (Å²) in [6.45, 7) is 15.7. The quantitative estimate of drug-likeness (QED) is 0.0649. The minimum atomic E-state index is -0.385. The third kappa shape index (κ3) is 10.3. The Hall–Kier alpha value is -3.54. The summed E-state index contributed by atoms with van der Waals surface area (Å²) in [4.78, 5) is 24.9. The Morgan fingerprint density at radius 3 is 1.45 bits per heavy atom. The molecule has 0 saturated carbocycles. The van der Waals surface area contributed by atoms with E-state index in [1.165, 1.54) is 0 Å². The van der Waals surface area contributed by atoms with Crippen molar-refractivity contribution in [2.45, 2.75) is 117 Å². The van der Waals surface area contributed by atoms with Crippen LogP contribution in [0.5, 0.6) is 11.5 Å². The molecule has 0 bridgehead atoms. The Morgan fingerprint density at radius 2 is 1.09 bits per heavy atom. The average molecular weight is 605 g/mol. The number of hydrogen-bond acceptors (Lipinski definition) is 6. The molecule has 0 aliphatic heterocycles. The van der Waals surface area contributed by atoms with E-state index in [1.54, 1.807) is 13.8 Å². The van der Waals surface area contributed by atoms with Gasteiger partial charge in [0.25, 0.3) is 0 Å². The third-order valence-electron chi connectivity index (χ3n) is 7.97. The molecule has 2 atom stereocenters. The van der Waals surface area contributed by atoms with E-state index in [-0.39, 0.29) is 37.4 Å². The van der Waals surface area contributed by atoms with Crippen molar-refractivity contribution in [3.63, 3.8) is 0 Å². The smallest absolute Gasteiger partial charge is 0.333 e. The Kier molecular flexibility index (Phi) is 14.5. The van der Waals surface area contributed by atoms with Gasteiger partial charge in [0.1, 0.15) is 36.9 Å². The lowest BCUT2D eigenvalue weighted by molar-refractivity contribution is -0.147. The first-order valence-corrected chi connectivity index (χ1v) is 16.5. The Bertz CT molecular complexity index is 1210. The SMILES string of the molecule is C=C(C)C(=O)OC(CCCCCC)COc1c2c(c(OCC(CCCCCC)OC(=O)C(=C)C)c3ccccc13)CC=CC2. The predicted octanol–water partition coefficient (Wildman–Crippen LogP) is 9.17. The molecule has 0 saturated heterocycles. The summed E-state index contributed by atoms with van der Waals surface area (Å²) in [6.07, 6.45) is 15.2. The molecule has 44 heavy (non-hydrogen) atoms. The van der Waals surface area contributed by atoms with Crippen molar-refractivity contribution in [2.75, 3.05) is 13.2 Å². The lowest BCUT2D eigenvalue weighted by Gasteiger charge is -2.26. The molecule has 2 unspecified atom stereocenters. The van der Waals surface area contributed by atoms with Gasteiger partial charge in [0.15, 0.2) is 0 Å². The van der Waals surface area contributed by atoms with Gasteiger partial charge in [-0.25, -0.2) is 9.59 Å². The van der Waals surface area contributed by atoms with Gasteiger partial charge in [-0.05, 0) is 52.4 Å². The van der Waals surface area contributed by atoms with Crippen LogP contribution in [0.25, 0.3) is 10.8 Å². The van der Waals surface area contributed by atoms with E-state index >= 15 is 0 Å². The van der Waals surface area contributed by atoms with Crippen LogP contribution in [0, 0.1) is 0 Å². The van der Waals surface area contributed by atoms with Gasteiger partial charge in [-0.15, -0.1) is 0 Å². The number of rotatable bonds is 20. The van der Waals surface area contributed by atoms with Crippen molar-refractivity contribution in [1.29, 1.82) is 0 Å². The number of benzene rings is 2. The number of carbonyl (C=O) groups is 2. The summed E-state index contributed by atoms with van der Waals surface area (Å²) in [7, 11) is 0. The Labute approximate surface area is 264 Å². The molecule has 2 aromatic carbocycles. The first kappa shape index (κ1) is 34.9. The van der Waals surface area contributed by atoms with Crippen LogP contribution < -0.4 is 9.47 Å². The van der Waals surface area contributed by atoms with Gasteiger partial charge in [-0.2, -0.15) is 0 Å². The fourth-order valence-corrected chi connectivity index (χ4v) is 5.45. The maximum absolute atomic E-state index is 12.4. The zero-order valence-corrected chi connectivity index (χ0v) is 27.4. The molecular weight excluding hydrogens is 552 g/mol. The summed E-state index contributed by atoms with van der Waals surface area (Å²) >= 11 is 0. The molecule has 1 aliphatic rings. The normalized spacial score (nSPS) is 13.5. The molecule has 3 rings (SSSR count). The molecule has 6 heteroatoms. The molecule has 0 amide bonds. The van der Waals surface area contributed by atoms with Crippen LogP contribution in [0.2, 0.25) is 0 Å². The van der Waals surface area contributed by atoms with Crippen LogP contribution >= 0.6 is 0 Å². The molecule has 0 N–H and O–H groups in total. The van der Waals surface area contributed by atoms with Crippen molar-refractivity contribution >= 4 is 22.7 Å². The second-order valence-corrected chi connectivity index (χ2v) is 12.0. The van der Waals surface area contributed by atoms with Gasteiger partial charge in [-0.3, -0.25) is 0 Å². The number of unbranched alkanes of at least 4 members (excludes halogenated alkanes) is 6. The van der Waals surface area contributed by atoms with E-state index in [0.717, 1.165) is 97.6 Å². The minimum absolute atomic E-state index is 0.266. The first-order chi connectivity index (χ1) is 21.3. The summed E-state index contributed by atoms with van der Waals surface area (Å²) in [5, 5.41) is 1.90. The molecule has 0 fully saturated rings. The highest BCUT2D eigenvalue weighted by Crippen LogP contribution is 2.43. The van der Waals surface area contributed by atoms with Crippen molar-refractivity contribution in [3.05, 3.63) is 71.8 Å². The highest BCUT2D eigenvalue weighted by Gasteiger charge is 2.25. The molecule has 0 radical (unpaired) electrons. The van der Waals surface area contributed by atoms with Crippen LogP contribution in [-0.2, 0) is 31.9 Å². The zero-order valence-electron chi connectivity index (χ0n) is 27.4. The fourth-order valence-electron chi connectivity index (χ4n) is 5.45. The molecule has 0 spiro atoms. The highest BCUT2D eigenvalue weighted by molar-refractivity contribution is 5.96. The molecule has 0 heterocycles. The monoisotopic (exact) mass is 604 g/mol. The number of ether oxygens (including phenoxy) is 4. The van der Waals surface area contributed by atoms with E-state index < -0.39 is 0 Å². The van der Waals surface area contributed by atoms with E-state index in [1.807, 2.05) is 12.1 Å². The summed E-state index contributed by atoms with van der Waals surface area (Å²) in [5.41, 5.74) is 2.93. The van der Waals surface area contributed by atoms with E-state index in [9.17, 15) is 9.59 Å². The molecule has 1 aliphatic carbocycles. The average Bonchev–Trinajstić information content (AvgIpc) is 3.02. The van der Waals surface area contributed by atoms with Crippen LogP contribution in [0.15, 0.2) is 60.7 Å². The number of hydrogen-bond donors (Lipinski definition) is 0. The van der Waals surface area contributed by atoms with Gasteiger partial charge >= 0.3 is 11.9 Å². The van der Waals surface area contributed by atoms with Gasteiger partial charge in [0.05, 0.1) is 0 Å². The minimum Gasteiger partial charge on any atom is -0.489 e. The van der Waals surface area contributed by atoms with Crippen LogP contribution in [0.3, 0.4) is 0 Å². The molecular formula is C38H52O6. The largest absolute Gasteiger partial charge is 0.489 e. The second-order valence-electron chi connectivity index (χ2n) is 12.0. The maximum atomic E-state index is 12.4. The lowest BCUT2D eigenvalue weighted by atomic mass is 9.90. The van der Waals surface area contributed by atoms with Crippen LogP contribution in [0.1, 0.15) is 103 Å². The Balaban J connectivity index is 1.89. The van der Waals surface area contributed by atoms with Crippen molar-refractivity contribution in [2.24, 2.45) is 0 Å². The van der Waals surface area contributed by atoms with Crippen LogP contribution in [-0.4, -0.2) is 37.4 Å². The van der Waals surface area contributed by atoms with Crippen LogP contribution in [0.4, 0.5) is 0 Å². The van der Waals surface area contributed by atoms with Gasteiger partial charge < -0.3 is 18.9 Å². The molecule has 6 nitrogen and oxygen atoms in total. The maximum Gasteiger partial charge on any atom is 0.333 e. The Morgan fingerprint density at radius 1 is 0.682 bits per heavy atom. The molecule has 0 aromatic heterocycles. The number of carbonyl (C=O) groups excluding carboxylic acids is 2. The lowest BCUT2D eigenvalue weighted by Crippen LogP contribution is -2.27. The topological polar surface area (TPSA) is 71.1 Å². The summed E-state index contributed by atoms with van der Waals surface area (Å²) in [6, 6.07) is 8.10. The number of allylic oxidation sites excluding steroid dienone is 2. The van der Waals surface area contributed by atoms with E-state index in [0.29, 0.717) is 24.0 Å². The van der Waals surface area contributed by atoms with Crippen molar-refractivity contribution in [3.8, 4) is 11.5 Å². The summed E-state index contributed by atoms with van der Waals surface area (Å²) in [5.74, 6) is 0.845. The number of esters is 2. The van der Waals surface area contributed by atoms with E-state index in [2.05, 4.69) is 51.3 Å². The van der Waals surface area contributed by atoms with Gasteiger partial charge in [-0.1, -0.05) is 102 Å². The van der Waals surface area contributed by atoms with Crippen molar-refractivity contribution in [1.82, 2.24) is 0 Å². The predicted molar refractivity (Wildman–Crippen MR) is 178 cm³/mol. The molecule has 2 aromatic rings.